The Morgan fingerprint density at radius 2 is 1.94 bits per heavy atom. The molecule has 8 atom stereocenters. The first-order valence-electron chi connectivity index (χ1n) is 11.4. The molecule has 172 valence electrons. The Balaban J connectivity index is 1.63. The summed E-state index contributed by atoms with van der Waals surface area (Å²) < 4.78 is 43.2. The van der Waals surface area contributed by atoms with E-state index in [4.69, 9.17) is 9.47 Å². The standard InChI is InChI=1S/C24H32F2O5/c1-20(2)30-19-10-16-15-6-5-13-9-14(27)7-8-21(13,3)23(15,26)17(28)11-22(16,4)24(19,31-20)18(29)12-25/h9,15-17,19,28H,5-8,10-12H2,1-4H3/t15?,16?,17-,19+,21-,22-,23-,24+/m0/s1/i25-1. The number of Topliss-reactive ketones (excluding diaryl/α,β-unsaturated/α-hetero) is 1. The minimum absolute atomic E-state index is 0.0107. The topological polar surface area (TPSA) is 72.8 Å². The number of allylic oxidation sites excluding steroid dienone is 1. The summed E-state index contributed by atoms with van der Waals surface area (Å²) in [5.41, 5.74) is -4.54. The van der Waals surface area contributed by atoms with Crippen molar-refractivity contribution in [1.82, 2.24) is 0 Å². The average molecular weight is 438 g/mol. The highest BCUT2D eigenvalue weighted by Crippen LogP contribution is 2.72. The quantitative estimate of drug-likeness (QED) is 0.714. The van der Waals surface area contributed by atoms with Gasteiger partial charge in [-0.2, -0.15) is 0 Å². The Labute approximate surface area is 181 Å². The lowest BCUT2D eigenvalue weighted by Gasteiger charge is -2.63. The molecule has 1 N–H and O–H groups in total. The summed E-state index contributed by atoms with van der Waals surface area (Å²) in [7, 11) is 0. The normalized spacial score (nSPS) is 52.6. The van der Waals surface area contributed by atoms with E-state index in [1.165, 1.54) is 0 Å². The van der Waals surface area contributed by atoms with Crippen LogP contribution in [0.15, 0.2) is 11.6 Å². The number of fused-ring (bicyclic) bond motifs is 7. The van der Waals surface area contributed by atoms with E-state index >= 15 is 4.39 Å². The second kappa shape index (κ2) is 6.23. The first-order valence-corrected chi connectivity index (χ1v) is 11.4. The average Bonchev–Trinajstić information content (AvgIpc) is 3.09. The minimum atomic E-state index is -1.92. The van der Waals surface area contributed by atoms with E-state index in [9.17, 15) is 19.1 Å². The third kappa shape index (κ3) is 2.36. The Morgan fingerprint density at radius 3 is 2.61 bits per heavy atom. The second-order valence-electron chi connectivity index (χ2n) is 11.3. The molecule has 0 radical (unpaired) electrons. The zero-order valence-corrected chi connectivity index (χ0v) is 18.7. The molecule has 5 aliphatic rings. The summed E-state index contributed by atoms with van der Waals surface area (Å²) in [5, 5.41) is 11.4. The second-order valence-corrected chi connectivity index (χ2v) is 11.3. The van der Waals surface area contributed by atoms with Gasteiger partial charge in [0.25, 0.3) is 0 Å². The van der Waals surface area contributed by atoms with Crippen molar-refractivity contribution in [3.63, 3.8) is 0 Å². The lowest BCUT2D eigenvalue weighted by Crippen LogP contribution is -2.70. The van der Waals surface area contributed by atoms with Gasteiger partial charge in [0.2, 0.25) is 0 Å². The van der Waals surface area contributed by atoms with Crippen molar-refractivity contribution in [3.05, 3.63) is 11.6 Å². The maximum atomic E-state index is 17.2. The Bertz CT molecular complexity index is 885. The monoisotopic (exact) mass is 437 g/mol. The molecule has 0 aromatic heterocycles. The van der Waals surface area contributed by atoms with Crippen molar-refractivity contribution in [1.29, 1.82) is 0 Å². The van der Waals surface area contributed by atoms with Crippen molar-refractivity contribution in [2.45, 2.75) is 95.5 Å². The fraction of sp³-hybridized carbons (Fsp3) is 0.833. The Hall–Kier alpha value is -1.18. The van der Waals surface area contributed by atoms with Crippen LogP contribution in [0.4, 0.5) is 8.78 Å². The number of carbonyl (C=O) groups excluding carboxylic acids is 2. The van der Waals surface area contributed by atoms with E-state index in [1.54, 1.807) is 19.9 Å². The van der Waals surface area contributed by atoms with Crippen LogP contribution >= 0.6 is 0 Å². The van der Waals surface area contributed by atoms with Crippen molar-refractivity contribution in [2.75, 3.05) is 6.67 Å². The van der Waals surface area contributed by atoms with Gasteiger partial charge in [0.15, 0.2) is 29.6 Å². The molecule has 4 aliphatic carbocycles. The van der Waals surface area contributed by atoms with Gasteiger partial charge >= 0.3 is 0 Å². The highest BCUT2D eigenvalue weighted by molar-refractivity contribution is 5.92. The maximum Gasteiger partial charge on any atom is 0.198 e. The number of aliphatic hydroxyl groups is 1. The van der Waals surface area contributed by atoms with Crippen LogP contribution in [0.3, 0.4) is 0 Å². The van der Waals surface area contributed by atoms with Gasteiger partial charge < -0.3 is 14.6 Å². The molecule has 2 unspecified atom stereocenters. The molecule has 0 aromatic rings. The van der Waals surface area contributed by atoms with Crippen molar-refractivity contribution in [3.8, 4) is 0 Å². The summed E-state index contributed by atoms with van der Waals surface area (Å²) in [6.07, 6.45) is 1.62. The van der Waals surface area contributed by atoms with E-state index in [1.807, 2.05) is 13.8 Å². The van der Waals surface area contributed by atoms with Crippen molar-refractivity contribution >= 4 is 11.6 Å². The van der Waals surface area contributed by atoms with Gasteiger partial charge in [0.05, 0.1) is 12.2 Å². The number of hydrogen-bond donors (Lipinski definition) is 1. The third-order valence-electron chi connectivity index (χ3n) is 9.57. The summed E-state index contributed by atoms with van der Waals surface area (Å²) in [5.74, 6) is -2.55. The third-order valence-corrected chi connectivity index (χ3v) is 9.57. The summed E-state index contributed by atoms with van der Waals surface area (Å²) in [6, 6.07) is 0. The number of ether oxygens (including phenoxy) is 2. The largest absolute Gasteiger partial charge is 0.390 e. The first-order chi connectivity index (χ1) is 14.4. The highest BCUT2D eigenvalue weighted by atomic mass is 19.1. The molecule has 1 aliphatic heterocycles. The molecule has 5 rings (SSSR count). The SMILES string of the molecule is CC1(C)O[C@@H]2CC3C4CCC5=CC(=O)CC[C@]5(C)[C@@]4(F)[C@@H](O)C[C@]3(C)[C@]2(C(=O)C[18F])O1. The predicted molar refractivity (Wildman–Crippen MR) is 108 cm³/mol. The molecular weight excluding hydrogens is 405 g/mol. The van der Waals surface area contributed by atoms with Gasteiger partial charge in [0.1, 0.15) is 5.67 Å². The highest BCUT2D eigenvalue weighted by Gasteiger charge is 2.80. The molecule has 1 saturated heterocycles. The van der Waals surface area contributed by atoms with Crippen molar-refractivity contribution in [2.24, 2.45) is 22.7 Å². The predicted octanol–water partition coefficient (Wildman–Crippen LogP) is 3.62. The molecule has 0 bridgehead atoms. The molecule has 4 fully saturated rings. The zero-order chi connectivity index (χ0) is 22.6. The molecule has 5 nitrogen and oxygen atoms in total. The van der Waals surface area contributed by atoms with Crippen LogP contribution in [0, 0.1) is 22.7 Å². The van der Waals surface area contributed by atoms with Gasteiger partial charge in [-0.05, 0) is 57.9 Å². The van der Waals surface area contributed by atoms with Crippen LogP contribution < -0.4 is 0 Å². The van der Waals surface area contributed by atoms with E-state index in [-0.39, 0.29) is 24.5 Å². The Morgan fingerprint density at radius 1 is 1.23 bits per heavy atom. The van der Waals surface area contributed by atoms with Crippen LogP contribution in [-0.4, -0.2) is 52.6 Å². The van der Waals surface area contributed by atoms with Gasteiger partial charge in [0, 0.05) is 23.2 Å². The van der Waals surface area contributed by atoms with Crippen LogP contribution in [0.1, 0.15) is 66.2 Å². The smallest absolute Gasteiger partial charge is 0.198 e. The van der Waals surface area contributed by atoms with E-state index < -0.39 is 58.5 Å². The molecule has 31 heavy (non-hydrogen) atoms. The lowest BCUT2D eigenvalue weighted by atomic mass is 9.44. The fourth-order valence-electron chi connectivity index (χ4n) is 8.27. The van der Waals surface area contributed by atoms with E-state index in [0.29, 0.717) is 25.7 Å². The maximum absolute atomic E-state index is 17.2. The molecule has 7 heteroatoms. The van der Waals surface area contributed by atoms with Crippen LogP contribution in [0.2, 0.25) is 0 Å². The molecule has 3 saturated carbocycles. The molecule has 0 aromatic carbocycles. The molecule has 0 amide bonds. The molecule has 0 spiro atoms. The number of alkyl halides is 2. The Kier molecular flexibility index (Phi) is 4.35. The van der Waals surface area contributed by atoms with Gasteiger partial charge in [-0.3, -0.25) is 9.59 Å². The molecule has 1 heterocycles. The van der Waals surface area contributed by atoms with E-state index in [0.717, 1.165) is 5.57 Å². The van der Waals surface area contributed by atoms with Gasteiger partial charge in [-0.1, -0.05) is 19.4 Å². The van der Waals surface area contributed by atoms with E-state index in [2.05, 4.69) is 0 Å². The lowest BCUT2D eigenvalue weighted by molar-refractivity contribution is -0.251. The summed E-state index contributed by atoms with van der Waals surface area (Å²) >= 11 is 0. The summed E-state index contributed by atoms with van der Waals surface area (Å²) in [4.78, 5) is 25.1. The fourth-order valence-corrected chi connectivity index (χ4v) is 8.27. The number of halogens is 2. The van der Waals surface area contributed by atoms with Crippen molar-refractivity contribution < 1.29 is 33.0 Å². The number of carbonyl (C=O) groups is 2. The zero-order valence-electron chi connectivity index (χ0n) is 18.7. The number of aliphatic hydroxyl groups excluding tert-OH is 1. The van der Waals surface area contributed by atoms with Gasteiger partial charge in [-0.15, -0.1) is 0 Å². The van der Waals surface area contributed by atoms with Crippen LogP contribution in [0.25, 0.3) is 0 Å². The first kappa shape index (κ1) is 21.7. The van der Waals surface area contributed by atoms with Crippen LogP contribution in [-0.2, 0) is 19.1 Å². The number of rotatable bonds is 2. The minimum Gasteiger partial charge on any atom is -0.390 e. The molecular formula is C24H32F2O5. The summed E-state index contributed by atoms with van der Waals surface area (Å²) in [6.45, 7) is 5.89. The number of hydrogen-bond acceptors (Lipinski definition) is 5. The number of ketones is 2. The van der Waals surface area contributed by atoms with Gasteiger partial charge in [-0.25, -0.2) is 8.78 Å². The van der Waals surface area contributed by atoms with Crippen LogP contribution in [0.5, 0.6) is 0 Å².